The molecule has 7 heteroatoms. The van der Waals surface area contributed by atoms with Gasteiger partial charge in [-0.2, -0.15) is 0 Å². The fourth-order valence-corrected chi connectivity index (χ4v) is 3.50. The minimum absolute atomic E-state index is 0.0628. The number of thiazole rings is 1. The quantitative estimate of drug-likeness (QED) is 0.457. The number of para-hydroxylation sites is 1. The molecule has 0 spiro atoms. The van der Waals surface area contributed by atoms with Crippen molar-refractivity contribution in [3.05, 3.63) is 82.1 Å². The van der Waals surface area contributed by atoms with E-state index in [1.807, 2.05) is 35.7 Å². The maximum atomic E-state index is 14.1. The van der Waals surface area contributed by atoms with E-state index in [9.17, 15) is 9.18 Å². The summed E-state index contributed by atoms with van der Waals surface area (Å²) in [5.41, 5.74) is 0.816. The number of carbonyl (C=O) groups is 1. The highest BCUT2D eigenvalue weighted by atomic mass is 32.1. The predicted octanol–water partition coefficient (Wildman–Crippen LogP) is 4.54. The van der Waals surface area contributed by atoms with Crippen LogP contribution < -0.4 is 4.74 Å². The molecule has 1 heterocycles. The minimum Gasteiger partial charge on any atom is -0.486 e. The van der Waals surface area contributed by atoms with Gasteiger partial charge in [0.1, 0.15) is 23.2 Å². The molecule has 0 N–H and O–H groups in total. The van der Waals surface area contributed by atoms with E-state index in [0.717, 1.165) is 16.5 Å². The summed E-state index contributed by atoms with van der Waals surface area (Å²) < 4.78 is 24.9. The number of carbonyl (C=O) groups excluding carboxylic acids is 1. The first-order chi connectivity index (χ1) is 14.2. The third-order valence-electron chi connectivity index (χ3n) is 4.23. The Morgan fingerprint density at radius 1 is 1.14 bits per heavy atom. The first kappa shape index (κ1) is 21.0. The second-order valence-corrected chi connectivity index (χ2v) is 7.33. The van der Waals surface area contributed by atoms with Gasteiger partial charge < -0.3 is 14.4 Å². The third-order valence-corrected chi connectivity index (χ3v) is 5.10. The molecule has 152 valence electrons. The van der Waals surface area contributed by atoms with E-state index in [4.69, 9.17) is 9.47 Å². The molecule has 2 aromatic carbocycles. The smallest absolute Gasteiger partial charge is 0.257 e. The van der Waals surface area contributed by atoms with E-state index < -0.39 is 5.82 Å². The summed E-state index contributed by atoms with van der Waals surface area (Å²) in [5.74, 6) is -0.0982. The number of ether oxygens (including phenoxy) is 2. The number of amides is 1. The van der Waals surface area contributed by atoms with Crippen molar-refractivity contribution in [3.63, 3.8) is 0 Å². The molecule has 3 aromatic rings. The summed E-state index contributed by atoms with van der Waals surface area (Å²) in [6.45, 7) is 1.64. The van der Waals surface area contributed by atoms with E-state index in [1.165, 1.54) is 23.5 Å². The van der Waals surface area contributed by atoms with Gasteiger partial charge in [-0.15, -0.1) is 11.3 Å². The predicted molar refractivity (Wildman–Crippen MR) is 111 cm³/mol. The van der Waals surface area contributed by atoms with Crippen LogP contribution in [0.3, 0.4) is 0 Å². The number of nitrogens with zero attached hydrogens (tertiary/aromatic N) is 2. The number of aromatic nitrogens is 1. The van der Waals surface area contributed by atoms with Crippen molar-refractivity contribution in [2.24, 2.45) is 0 Å². The van der Waals surface area contributed by atoms with Crippen LogP contribution in [-0.2, 0) is 17.9 Å². The maximum absolute atomic E-state index is 14.1. The van der Waals surface area contributed by atoms with Crippen LogP contribution in [0, 0.1) is 5.82 Å². The molecule has 1 aromatic heterocycles. The normalized spacial score (nSPS) is 10.7. The van der Waals surface area contributed by atoms with Crippen molar-refractivity contribution in [1.82, 2.24) is 9.88 Å². The number of halogens is 1. The second kappa shape index (κ2) is 10.7. The highest BCUT2D eigenvalue weighted by Gasteiger charge is 2.20. The lowest BCUT2D eigenvalue weighted by molar-refractivity contribution is 0.0717. The van der Waals surface area contributed by atoms with Crippen molar-refractivity contribution in [3.8, 4) is 5.75 Å². The van der Waals surface area contributed by atoms with Crippen LogP contribution >= 0.6 is 11.3 Å². The van der Waals surface area contributed by atoms with E-state index in [0.29, 0.717) is 32.7 Å². The molecule has 3 rings (SSSR count). The Bertz CT molecular complexity index is 917. The topological polar surface area (TPSA) is 51.7 Å². The number of hydrogen-bond donors (Lipinski definition) is 0. The molecule has 29 heavy (non-hydrogen) atoms. The average Bonchev–Trinajstić information content (AvgIpc) is 3.20. The van der Waals surface area contributed by atoms with Gasteiger partial charge in [0.05, 0.1) is 17.8 Å². The van der Waals surface area contributed by atoms with Gasteiger partial charge in [-0.3, -0.25) is 4.79 Å². The molecule has 0 saturated carbocycles. The highest BCUT2D eigenvalue weighted by molar-refractivity contribution is 7.09. The Labute approximate surface area is 173 Å². The summed E-state index contributed by atoms with van der Waals surface area (Å²) in [7, 11) is 1.61. The largest absolute Gasteiger partial charge is 0.486 e. The molecule has 0 aliphatic carbocycles. The van der Waals surface area contributed by atoms with Crippen LogP contribution in [0.4, 0.5) is 4.39 Å². The minimum atomic E-state index is -0.524. The van der Waals surface area contributed by atoms with Crippen LogP contribution in [0.5, 0.6) is 5.75 Å². The van der Waals surface area contributed by atoms with Crippen LogP contribution in [0.15, 0.2) is 60.0 Å². The van der Waals surface area contributed by atoms with Gasteiger partial charge in [-0.05, 0) is 30.7 Å². The lowest BCUT2D eigenvalue weighted by atomic mass is 10.1. The molecule has 0 aliphatic heterocycles. The zero-order chi connectivity index (χ0) is 20.5. The number of benzene rings is 2. The standard InChI is InChI=1S/C22H23FN2O3S/c1-27-13-7-12-25(22(26)19-10-5-6-11-20(19)23)14-17-16-29-21(24-17)15-28-18-8-3-2-4-9-18/h2-6,8-11,16H,7,12-15H2,1H3. The molecule has 0 radical (unpaired) electrons. The van der Waals surface area contributed by atoms with Crippen LogP contribution in [0.25, 0.3) is 0 Å². The Morgan fingerprint density at radius 3 is 2.66 bits per heavy atom. The van der Waals surface area contributed by atoms with Gasteiger partial charge in [0.15, 0.2) is 0 Å². The molecule has 0 aliphatic rings. The Balaban J connectivity index is 1.66. The van der Waals surface area contributed by atoms with Crippen molar-refractivity contribution in [2.75, 3.05) is 20.3 Å². The van der Waals surface area contributed by atoms with Gasteiger partial charge in [0.2, 0.25) is 0 Å². The van der Waals surface area contributed by atoms with Crippen molar-refractivity contribution in [1.29, 1.82) is 0 Å². The average molecular weight is 415 g/mol. The van der Waals surface area contributed by atoms with Crippen LogP contribution in [-0.4, -0.2) is 36.1 Å². The molecular weight excluding hydrogens is 391 g/mol. The molecule has 1 amide bonds. The monoisotopic (exact) mass is 414 g/mol. The molecule has 0 fully saturated rings. The van der Waals surface area contributed by atoms with E-state index in [1.54, 1.807) is 24.1 Å². The molecule has 0 bridgehead atoms. The first-order valence-electron chi connectivity index (χ1n) is 9.31. The number of hydrogen-bond acceptors (Lipinski definition) is 5. The summed E-state index contributed by atoms with van der Waals surface area (Å²) in [6.07, 6.45) is 0.658. The first-order valence-corrected chi connectivity index (χ1v) is 10.2. The van der Waals surface area contributed by atoms with Gasteiger partial charge in [0.25, 0.3) is 5.91 Å². The molecule has 0 unspecified atom stereocenters. The zero-order valence-electron chi connectivity index (χ0n) is 16.2. The number of rotatable bonds is 10. The van der Waals surface area contributed by atoms with E-state index in [-0.39, 0.29) is 11.5 Å². The summed E-state index contributed by atoms with van der Waals surface area (Å²) in [4.78, 5) is 19.0. The Morgan fingerprint density at radius 2 is 1.90 bits per heavy atom. The van der Waals surface area contributed by atoms with Crippen molar-refractivity contribution in [2.45, 2.75) is 19.6 Å². The summed E-state index contributed by atoms with van der Waals surface area (Å²) in [6, 6.07) is 15.6. The van der Waals surface area contributed by atoms with E-state index >= 15 is 0 Å². The lowest BCUT2D eigenvalue weighted by Gasteiger charge is -2.22. The third kappa shape index (κ3) is 6.10. The summed E-state index contributed by atoms with van der Waals surface area (Å²) >= 11 is 1.48. The maximum Gasteiger partial charge on any atom is 0.257 e. The summed E-state index contributed by atoms with van der Waals surface area (Å²) in [5, 5.41) is 2.72. The van der Waals surface area contributed by atoms with Gasteiger partial charge in [-0.25, -0.2) is 9.37 Å². The van der Waals surface area contributed by atoms with Crippen LogP contribution in [0.1, 0.15) is 27.5 Å². The fraction of sp³-hybridized carbons (Fsp3) is 0.273. The molecule has 0 saturated heterocycles. The Hall–Kier alpha value is -2.77. The molecule has 0 atom stereocenters. The Kier molecular flexibility index (Phi) is 7.72. The van der Waals surface area contributed by atoms with Crippen molar-refractivity contribution < 1.29 is 18.7 Å². The second-order valence-electron chi connectivity index (χ2n) is 6.39. The van der Waals surface area contributed by atoms with Gasteiger partial charge in [-0.1, -0.05) is 30.3 Å². The van der Waals surface area contributed by atoms with Crippen molar-refractivity contribution >= 4 is 17.2 Å². The van der Waals surface area contributed by atoms with Crippen LogP contribution in [0.2, 0.25) is 0 Å². The molecule has 5 nitrogen and oxygen atoms in total. The highest BCUT2D eigenvalue weighted by Crippen LogP contribution is 2.18. The lowest BCUT2D eigenvalue weighted by Crippen LogP contribution is -2.32. The SMILES string of the molecule is COCCCN(Cc1csc(COc2ccccc2)n1)C(=O)c1ccccc1F. The van der Waals surface area contributed by atoms with Gasteiger partial charge >= 0.3 is 0 Å². The number of methoxy groups -OCH3 is 1. The molecular formula is C22H23FN2O3S. The zero-order valence-corrected chi connectivity index (χ0v) is 17.0. The fourth-order valence-electron chi connectivity index (χ4n) is 2.80. The van der Waals surface area contributed by atoms with E-state index in [2.05, 4.69) is 4.98 Å². The van der Waals surface area contributed by atoms with Gasteiger partial charge in [0, 0.05) is 25.6 Å².